The maximum atomic E-state index is 13.3. The molecule has 18 nitrogen and oxygen atoms in total. The Hall–Kier alpha value is -7.73. The standard InChI is InChI=1S/C9H6F3N3O2.C9H8F3N3.C7H4FN3O2.C7H5N3O2/c10-8(11)4-14-7-2-1-5(15(16)17)3-6(7)9(12)13-14;10-8(11)4-15-7-2-1-5(13)3-6(7)9(12)14-15;8-7-5-3-4(11(12)13)1-2-6(5)9-10-7;11-10(12)6-1-2-7-5(3-6)4-8-9-7/h1-3,8H,4H2;1-3,8H,4,13H2;1-3H,(H,9,10);1-4H,(H,8,9). The molecule has 0 unspecified atom stereocenters. The Kier molecular flexibility index (Phi) is 12.2. The van der Waals surface area contributed by atoms with Gasteiger partial charge in [-0.25, -0.2) is 17.6 Å². The van der Waals surface area contributed by atoms with Gasteiger partial charge in [0, 0.05) is 47.5 Å². The number of halogens is 7. The summed E-state index contributed by atoms with van der Waals surface area (Å²) in [6.45, 7) is -1.37. The number of anilines is 1. The zero-order valence-corrected chi connectivity index (χ0v) is 28.3. The molecule has 0 saturated heterocycles. The second-order valence-corrected chi connectivity index (χ2v) is 11.4. The van der Waals surface area contributed by atoms with Gasteiger partial charge in [0.2, 0.25) is 17.8 Å². The molecular weight excluding hydrogens is 781 g/mol. The highest BCUT2D eigenvalue weighted by molar-refractivity contribution is 5.83. The summed E-state index contributed by atoms with van der Waals surface area (Å²) in [6, 6.07) is 16.1. The van der Waals surface area contributed by atoms with E-state index in [2.05, 4.69) is 30.6 Å². The van der Waals surface area contributed by atoms with Crippen LogP contribution in [0, 0.1) is 48.2 Å². The number of nitro groups is 3. The molecule has 0 fully saturated rings. The van der Waals surface area contributed by atoms with E-state index in [0.717, 1.165) is 38.5 Å². The molecular formula is C32H23F7N12O6. The minimum Gasteiger partial charge on any atom is -0.399 e. The molecule has 0 saturated carbocycles. The van der Waals surface area contributed by atoms with Gasteiger partial charge in [-0.05, 0) is 36.4 Å². The zero-order chi connectivity index (χ0) is 41.6. The Morgan fingerprint density at radius 1 is 0.649 bits per heavy atom. The van der Waals surface area contributed by atoms with Gasteiger partial charge < -0.3 is 5.73 Å². The SMILES string of the molecule is Nc1ccc2c(c1)c(F)nn2CC(F)F.O=[N+]([O-])c1ccc2[nH]ncc2c1.O=[N+]([O-])c1ccc2c(c1)c(F)nn2CC(F)F.O=[N+]([O-])c1ccc2n[nH]c(F)c2c1. The fourth-order valence-electron chi connectivity index (χ4n) is 5.06. The number of aromatic nitrogens is 8. The van der Waals surface area contributed by atoms with Crippen molar-refractivity contribution in [3.05, 3.63) is 127 Å². The number of hydrogen-bond donors (Lipinski definition) is 3. The first kappa shape index (κ1) is 40.5. The van der Waals surface area contributed by atoms with Gasteiger partial charge in [0.1, 0.15) is 13.1 Å². The molecule has 4 aromatic carbocycles. The lowest BCUT2D eigenvalue weighted by Gasteiger charge is -2.01. The van der Waals surface area contributed by atoms with Crippen molar-refractivity contribution in [3.63, 3.8) is 0 Å². The number of non-ortho nitro benzene ring substituents is 3. The Morgan fingerprint density at radius 3 is 1.70 bits per heavy atom. The minimum atomic E-state index is -2.67. The lowest BCUT2D eigenvalue weighted by molar-refractivity contribution is -0.384. The number of nitro benzene ring substituents is 3. The van der Waals surface area contributed by atoms with Gasteiger partial charge in [0.15, 0.2) is 0 Å². The van der Waals surface area contributed by atoms with Gasteiger partial charge in [-0.15, -0.1) is 10.2 Å². The van der Waals surface area contributed by atoms with Gasteiger partial charge in [-0.3, -0.25) is 49.9 Å². The Balaban J connectivity index is 0.000000146. The lowest BCUT2D eigenvalue weighted by Crippen LogP contribution is -2.08. The van der Waals surface area contributed by atoms with Crippen LogP contribution < -0.4 is 5.73 Å². The molecule has 0 atom stereocenters. The van der Waals surface area contributed by atoms with Crippen LogP contribution in [-0.2, 0) is 13.1 Å². The van der Waals surface area contributed by atoms with Crippen molar-refractivity contribution < 1.29 is 45.5 Å². The maximum Gasteiger partial charge on any atom is 0.270 e. The van der Waals surface area contributed by atoms with Crippen molar-refractivity contribution in [2.24, 2.45) is 0 Å². The van der Waals surface area contributed by atoms with E-state index >= 15 is 0 Å². The third kappa shape index (κ3) is 9.69. The van der Waals surface area contributed by atoms with Crippen LogP contribution in [0.4, 0.5) is 53.5 Å². The normalized spacial score (nSPS) is 11.0. The summed E-state index contributed by atoms with van der Waals surface area (Å²) < 4.78 is 89.7. The molecule has 0 aliphatic heterocycles. The van der Waals surface area contributed by atoms with Crippen molar-refractivity contribution >= 4 is 66.4 Å². The Morgan fingerprint density at radius 2 is 1.14 bits per heavy atom. The minimum absolute atomic E-state index is 0.0869. The molecule has 4 heterocycles. The van der Waals surface area contributed by atoms with Gasteiger partial charge in [-0.1, -0.05) is 0 Å². The van der Waals surface area contributed by atoms with Crippen LogP contribution in [0.2, 0.25) is 0 Å². The molecule has 0 aliphatic carbocycles. The number of rotatable bonds is 7. The first-order valence-electron chi connectivity index (χ1n) is 15.7. The average Bonchev–Trinajstić information content (AvgIpc) is 3.93. The molecule has 0 amide bonds. The molecule has 0 radical (unpaired) electrons. The molecule has 0 aliphatic rings. The zero-order valence-electron chi connectivity index (χ0n) is 28.3. The Labute approximate surface area is 310 Å². The van der Waals surface area contributed by atoms with Crippen molar-refractivity contribution in [1.82, 2.24) is 40.0 Å². The fourth-order valence-corrected chi connectivity index (χ4v) is 5.06. The number of fused-ring (bicyclic) bond motifs is 4. The fraction of sp³-hybridized carbons (Fsp3) is 0.125. The maximum absolute atomic E-state index is 13.3. The summed E-state index contributed by atoms with van der Waals surface area (Å²) in [5.74, 6) is -2.43. The molecule has 0 bridgehead atoms. The summed E-state index contributed by atoms with van der Waals surface area (Å²) >= 11 is 0. The van der Waals surface area contributed by atoms with E-state index in [1.54, 1.807) is 12.3 Å². The van der Waals surface area contributed by atoms with Gasteiger partial charge in [0.25, 0.3) is 29.9 Å². The number of nitrogens with one attached hydrogen (secondary N) is 2. The number of alkyl halides is 4. The van der Waals surface area contributed by atoms with E-state index in [9.17, 15) is 61.1 Å². The average molecular weight is 805 g/mol. The largest absolute Gasteiger partial charge is 0.399 e. The first-order chi connectivity index (χ1) is 27.0. The highest BCUT2D eigenvalue weighted by Crippen LogP contribution is 2.25. The monoisotopic (exact) mass is 804 g/mol. The number of H-pyrrole nitrogens is 2. The number of nitrogen functional groups attached to an aromatic ring is 1. The van der Waals surface area contributed by atoms with Crippen LogP contribution in [0.3, 0.4) is 0 Å². The number of nitrogens with two attached hydrogens (primary N) is 1. The highest BCUT2D eigenvalue weighted by Gasteiger charge is 2.17. The van der Waals surface area contributed by atoms with Gasteiger partial charge >= 0.3 is 0 Å². The summed E-state index contributed by atoms with van der Waals surface area (Å²) in [6.07, 6.45) is -3.68. The van der Waals surface area contributed by atoms with Crippen LogP contribution in [-0.4, -0.2) is 67.6 Å². The van der Waals surface area contributed by atoms with Crippen LogP contribution in [0.5, 0.6) is 0 Å². The number of aromatic amines is 2. The first-order valence-corrected chi connectivity index (χ1v) is 15.7. The number of hydrogen-bond acceptors (Lipinski definition) is 11. The second-order valence-electron chi connectivity index (χ2n) is 11.4. The molecule has 4 N–H and O–H groups in total. The molecule has 4 aromatic heterocycles. The highest BCUT2D eigenvalue weighted by atomic mass is 19.3. The Bertz CT molecular complexity index is 2730. The predicted octanol–water partition coefficient (Wildman–Crippen LogP) is 7.45. The summed E-state index contributed by atoms with van der Waals surface area (Å²) in [5.41, 5.74) is 7.06. The molecule has 25 heteroatoms. The van der Waals surface area contributed by atoms with E-state index in [-0.39, 0.29) is 38.7 Å². The summed E-state index contributed by atoms with van der Waals surface area (Å²) in [4.78, 5) is 29.5. The van der Waals surface area contributed by atoms with Crippen LogP contribution >= 0.6 is 0 Å². The molecule has 0 spiro atoms. The van der Waals surface area contributed by atoms with Crippen LogP contribution in [0.1, 0.15) is 0 Å². The lowest BCUT2D eigenvalue weighted by atomic mass is 10.2. The quantitative estimate of drug-likeness (QED) is 0.0617. The predicted molar refractivity (Wildman–Crippen MR) is 188 cm³/mol. The number of benzene rings is 4. The summed E-state index contributed by atoms with van der Waals surface area (Å²) in [7, 11) is 0. The third-order valence-electron chi connectivity index (χ3n) is 7.59. The summed E-state index contributed by atoms with van der Waals surface area (Å²) in [5, 5.41) is 50.9. The smallest absolute Gasteiger partial charge is 0.270 e. The van der Waals surface area contributed by atoms with E-state index < -0.39 is 58.6 Å². The van der Waals surface area contributed by atoms with E-state index in [1.807, 2.05) is 0 Å². The molecule has 8 rings (SSSR count). The van der Waals surface area contributed by atoms with Crippen molar-refractivity contribution in [1.29, 1.82) is 0 Å². The second kappa shape index (κ2) is 17.2. The molecule has 57 heavy (non-hydrogen) atoms. The van der Waals surface area contributed by atoms with Crippen molar-refractivity contribution in [2.75, 3.05) is 5.73 Å². The van der Waals surface area contributed by atoms with Crippen LogP contribution in [0.25, 0.3) is 43.6 Å². The van der Waals surface area contributed by atoms with Gasteiger partial charge in [-0.2, -0.15) is 23.4 Å². The van der Waals surface area contributed by atoms with E-state index in [0.29, 0.717) is 16.7 Å². The third-order valence-corrected chi connectivity index (χ3v) is 7.59. The van der Waals surface area contributed by atoms with E-state index in [1.165, 1.54) is 48.5 Å². The topological polar surface area (TPSA) is 248 Å². The van der Waals surface area contributed by atoms with Gasteiger partial charge in [0.05, 0.1) is 59.2 Å². The molecule has 296 valence electrons. The number of nitrogens with zero attached hydrogens (tertiary/aromatic N) is 9. The van der Waals surface area contributed by atoms with Crippen molar-refractivity contribution in [2.45, 2.75) is 25.9 Å². The van der Waals surface area contributed by atoms with E-state index in [4.69, 9.17) is 5.73 Å². The van der Waals surface area contributed by atoms with Crippen LogP contribution in [0.15, 0.2) is 79.0 Å². The van der Waals surface area contributed by atoms with Crippen molar-refractivity contribution in [3.8, 4) is 0 Å². The molecule has 8 aromatic rings.